The first kappa shape index (κ1) is 12.8. The number of hydrogen-bond acceptors (Lipinski definition) is 3. The first-order valence-electron chi connectivity index (χ1n) is 6.25. The number of nitrogens with two attached hydrogens (primary N) is 1. The second-order valence-electron chi connectivity index (χ2n) is 4.91. The van der Waals surface area contributed by atoms with Gasteiger partial charge in [0.05, 0.1) is 6.04 Å². The number of benzene rings is 1. The summed E-state index contributed by atoms with van der Waals surface area (Å²) in [6, 6.07) is 5.05. The lowest BCUT2D eigenvalue weighted by molar-refractivity contribution is 0.652. The van der Waals surface area contributed by atoms with Gasteiger partial charge in [0.25, 0.3) is 0 Å². The normalized spacial score (nSPS) is 20.7. The standard InChI is InChI=1S/C14H22N2S/c1-10-6-11(2)14(12(3)7-10)16-4-5-17-9-13(16)8-15/h6-7,13H,4-5,8-9,15H2,1-3H3. The number of hydrogen-bond donors (Lipinski definition) is 1. The molecule has 0 bridgehead atoms. The summed E-state index contributed by atoms with van der Waals surface area (Å²) in [5, 5.41) is 0. The van der Waals surface area contributed by atoms with Gasteiger partial charge in [-0.25, -0.2) is 0 Å². The Morgan fingerprint density at radius 1 is 1.29 bits per heavy atom. The molecule has 1 aromatic carbocycles. The van der Waals surface area contributed by atoms with Crippen molar-refractivity contribution in [3.05, 3.63) is 28.8 Å². The number of rotatable bonds is 2. The molecule has 2 nitrogen and oxygen atoms in total. The van der Waals surface area contributed by atoms with Gasteiger partial charge in [0.2, 0.25) is 0 Å². The molecule has 2 rings (SSSR count). The van der Waals surface area contributed by atoms with Crippen LogP contribution in [0.5, 0.6) is 0 Å². The molecule has 94 valence electrons. The van der Waals surface area contributed by atoms with Crippen LogP contribution in [0.15, 0.2) is 12.1 Å². The Morgan fingerprint density at radius 3 is 2.53 bits per heavy atom. The molecule has 1 unspecified atom stereocenters. The lowest BCUT2D eigenvalue weighted by atomic mass is 10.0. The van der Waals surface area contributed by atoms with E-state index in [2.05, 4.69) is 37.8 Å². The van der Waals surface area contributed by atoms with Crippen LogP contribution < -0.4 is 10.6 Å². The molecule has 0 radical (unpaired) electrons. The zero-order chi connectivity index (χ0) is 12.4. The van der Waals surface area contributed by atoms with Gasteiger partial charge in [-0.15, -0.1) is 0 Å². The number of thioether (sulfide) groups is 1. The Labute approximate surface area is 109 Å². The zero-order valence-corrected chi connectivity index (χ0v) is 11.8. The van der Waals surface area contributed by atoms with E-state index in [4.69, 9.17) is 5.73 Å². The van der Waals surface area contributed by atoms with Crippen LogP contribution in [0.3, 0.4) is 0 Å². The van der Waals surface area contributed by atoms with Crippen LogP contribution in [0.1, 0.15) is 16.7 Å². The van der Waals surface area contributed by atoms with Crippen molar-refractivity contribution in [1.29, 1.82) is 0 Å². The van der Waals surface area contributed by atoms with Gasteiger partial charge in [-0.05, 0) is 31.9 Å². The van der Waals surface area contributed by atoms with E-state index < -0.39 is 0 Å². The van der Waals surface area contributed by atoms with Gasteiger partial charge in [0.1, 0.15) is 0 Å². The summed E-state index contributed by atoms with van der Waals surface area (Å²) in [7, 11) is 0. The maximum Gasteiger partial charge on any atom is 0.0503 e. The van der Waals surface area contributed by atoms with E-state index in [1.54, 1.807) is 0 Å². The summed E-state index contributed by atoms with van der Waals surface area (Å²) >= 11 is 2.02. The van der Waals surface area contributed by atoms with Crippen molar-refractivity contribution in [1.82, 2.24) is 0 Å². The monoisotopic (exact) mass is 250 g/mol. The molecule has 1 heterocycles. The van der Waals surface area contributed by atoms with E-state index in [0.717, 1.165) is 18.8 Å². The molecule has 0 spiro atoms. The summed E-state index contributed by atoms with van der Waals surface area (Å²) in [6.07, 6.45) is 0. The summed E-state index contributed by atoms with van der Waals surface area (Å²) in [6.45, 7) is 8.46. The van der Waals surface area contributed by atoms with Crippen molar-refractivity contribution in [2.45, 2.75) is 26.8 Å². The van der Waals surface area contributed by atoms with Crippen molar-refractivity contribution in [2.24, 2.45) is 5.73 Å². The Kier molecular flexibility index (Phi) is 4.00. The molecular formula is C14H22N2S. The second kappa shape index (κ2) is 5.32. The highest BCUT2D eigenvalue weighted by Gasteiger charge is 2.24. The fourth-order valence-corrected chi connectivity index (χ4v) is 3.85. The van der Waals surface area contributed by atoms with Gasteiger partial charge in [-0.3, -0.25) is 0 Å². The molecule has 3 heteroatoms. The topological polar surface area (TPSA) is 29.3 Å². The van der Waals surface area contributed by atoms with Crippen molar-refractivity contribution in [3.63, 3.8) is 0 Å². The van der Waals surface area contributed by atoms with Crippen molar-refractivity contribution < 1.29 is 0 Å². The Hall–Kier alpha value is -0.670. The predicted octanol–water partition coefficient (Wildman–Crippen LogP) is 2.49. The van der Waals surface area contributed by atoms with Crippen LogP contribution in [0.25, 0.3) is 0 Å². The van der Waals surface area contributed by atoms with E-state index in [1.807, 2.05) is 11.8 Å². The highest BCUT2D eigenvalue weighted by Crippen LogP contribution is 2.30. The number of nitrogens with zero attached hydrogens (tertiary/aromatic N) is 1. The van der Waals surface area contributed by atoms with Crippen LogP contribution in [0.4, 0.5) is 5.69 Å². The quantitative estimate of drug-likeness (QED) is 0.874. The van der Waals surface area contributed by atoms with Crippen LogP contribution >= 0.6 is 11.8 Å². The fraction of sp³-hybridized carbons (Fsp3) is 0.571. The summed E-state index contributed by atoms with van der Waals surface area (Å²) in [5.41, 5.74) is 11.4. The lowest BCUT2D eigenvalue weighted by Gasteiger charge is -2.38. The van der Waals surface area contributed by atoms with Crippen LogP contribution in [0.2, 0.25) is 0 Å². The summed E-state index contributed by atoms with van der Waals surface area (Å²) in [4.78, 5) is 2.51. The number of anilines is 1. The fourth-order valence-electron chi connectivity index (χ4n) is 2.77. The van der Waals surface area contributed by atoms with Gasteiger partial charge < -0.3 is 10.6 Å². The van der Waals surface area contributed by atoms with Gasteiger partial charge in [0.15, 0.2) is 0 Å². The largest absolute Gasteiger partial charge is 0.365 e. The first-order chi connectivity index (χ1) is 8.13. The van der Waals surface area contributed by atoms with Gasteiger partial charge in [0, 0.05) is 30.3 Å². The van der Waals surface area contributed by atoms with Gasteiger partial charge in [-0.2, -0.15) is 11.8 Å². The molecule has 1 aromatic rings. The molecule has 1 saturated heterocycles. The third-order valence-corrected chi connectivity index (χ3v) is 4.51. The van der Waals surface area contributed by atoms with E-state index in [9.17, 15) is 0 Å². The average molecular weight is 250 g/mol. The minimum Gasteiger partial charge on any atom is -0.365 e. The Morgan fingerprint density at radius 2 is 1.94 bits per heavy atom. The molecule has 1 aliphatic rings. The smallest absolute Gasteiger partial charge is 0.0503 e. The minimum atomic E-state index is 0.494. The average Bonchev–Trinajstić information content (AvgIpc) is 2.28. The van der Waals surface area contributed by atoms with E-state index in [1.165, 1.54) is 28.1 Å². The highest BCUT2D eigenvalue weighted by molar-refractivity contribution is 7.99. The van der Waals surface area contributed by atoms with Crippen LogP contribution in [-0.4, -0.2) is 30.6 Å². The van der Waals surface area contributed by atoms with E-state index in [-0.39, 0.29) is 0 Å². The van der Waals surface area contributed by atoms with Crippen molar-refractivity contribution in [3.8, 4) is 0 Å². The Balaban J connectivity index is 2.38. The van der Waals surface area contributed by atoms with Gasteiger partial charge in [-0.1, -0.05) is 17.7 Å². The highest BCUT2D eigenvalue weighted by atomic mass is 32.2. The molecule has 0 aromatic heterocycles. The minimum absolute atomic E-state index is 0.494. The van der Waals surface area contributed by atoms with E-state index >= 15 is 0 Å². The molecule has 0 aliphatic carbocycles. The molecule has 1 fully saturated rings. The van der Waals surface area contributed by atoms with Crippen LogP contribution in [0, 0.1) is 20.8 Å². The second-order valence-corrected chi connectivity index (χ2v) is 6.05. The van der Waals surface area contributed by atoms with Crippen LogP contribution in [-0.2, 0) is 0 Å². The maximum atomic E-state index is 5.91. The summed E-state index contributed by atoms with van der Waals surface area (Å²) in [5.74, 6) is 2.37. The molecule has 1 aliphatic heterocycles. The van der Waals surface area contributed by atoms with Gasteiger partial charge >= 0.3 is 0 Å². The third-order valence-electron chi connectivity index (χ3n) is 3.42. The number of aryl methyl sites for hydroxylation is 3. The zero-order valence-electron chi connectivity index (χ0n) is 11.0. The molecule has 2 N–H and O–H groups in total. The molecular weight excluding hydrogens is 228 g/mol. The van der Waals surface area contributed by atoms with Crippen molar-refractivity contribution >= 4 is 17.4 Å². The predicted molar refractivity (Wildman–Crippen MR) is 78.2 cm³/mol. The molecule has 1 atom stereocenters. The molecule has 0 saturated carbocycles. The summed E-state index contributed by atoms with van der Waals surface area (Å²) < 4.78 is 0. The maximum absolute atomic E-state index is 5.91. The molecule has 0 amide bonds. The molecule has 17 heavy (non-hydrogen) atoms. The lowest BCUT2D eigenvalue weighted by Crippen LogP contribution is -2.47. The SMILES string of the molecule is Cc1cc(C)c(N2CCSCC2CN)c(C)c1. The Bertz CT molecular complexity index is 380. The first-order valence-corrected chi connectivity index (χ1v) is 7.41. The third kappa shape index (κ3) is 2.61. The van der Waals surface area contributed by atoms with E-state index in [0.29, 0.717) is 6.04 Å². The van der Waals surface area contributed by atoms with Crippen molar-refractivity contribution in [2.75, 3.05) is 29.5 Å².